The molecule has 0 aromatic rings. The molecule has 7 nitrogen and oxygen atoms in total. The maximum Gasteiger partial charge on any atom is 0.362 e. The van der Waals surface area contributed by atoms with Gasteiger partial charge in [0.2, 0.25) is 0 Å². The molecule has 0 unspecified atom stereocenters. The lowest BCUT2D eigenvalue weighted by atomic mass is 10.0. The molecular formula is C9H17NO6S. The fraction of sp³-hybridized carbons (Fsp3) is 0.778. The Balaban J connectivity index is 4.82. The van der Waals surface area contributed by atoms with Gasteiger partial charge < -0.3 is 4.74 Å². The first kappa shape index (κ1) is 15.9. The highest BCUT2D eigenvalue weighted by molar-refractivity contribution is 7.85. The smallest absolute Gasteiger partial charge is 0.362 e. The van der Waals surface area contributed by atoms with Crippen LogP contribution in [0.1, 0.15) is 27.2 Å². The first-order chi connectivity index (χ1) is 7.73. The van der Waals surface area contributed by atoms with Crippen LogP contribution in [0.4, 0.5) is 0 Å². The van der Waals surface area contributed by atoms with Gasteiger partial charge in [0.15, 0.2) is 6.10 Å². The maximum absolute atomic E-state index is 11.6. The van der Waals surface area contributed by atoms with E-state index in [1.807, 2.05) is 0 Å². The second-order valence-electron chi connectivity index (χ2n) is 3.50. The molecule has 1 N–H and O–H groups in total. The molecule has 0 rings (SSSR count). The van der Waals surface area contributed by atoms with Crippen LogP contribution in [0.25, 0.3) is 0 Å². The molecule has 1 amide bonds. The average Bonchev–Trinajstić information content (AvgIpc) is 2.23. The third-order valence-corrected chi connectivity index (χ3v) is 3.05. The summed E-state index contributed by atoms with van der Waals surface area (Å²) < 4.78 is 32.6. The standard InChI is InChI=1S/C9H17NO6S/c1-5-6(2)8(16-7(3)11)9(12)10-17(13,14)15-4/h6,8H,5H2,1-4H3,(H,10,12)/t6-,8-/m0/s1. The quantitative estimate of drug-likeness (QED) is 0.679. The van der Waals surface area contributed by atoms with E-state index in [0.717, 1.165) is 14.0 Å². The number of rotatable bonds is 6. The average molecular weight is 267 g/mol. The first-order valence-corrected chi connectivity index (χ1v) is 6.43. The van der Waals surface area contributed by atoms with Crippen LogP contribution in [-0.4, -0.2) is 33.5 Å². The zero-order valence-electron chi connectivity index (χ0n) is 10.2. The van der Waals surface area contributed by atoms with Crippen molar-refractivity contribution in [3.63, 3.8) is 0 Å². The van der Waals surface area contributed by atoms with E-state index in [1.165, 1.54) is 0 Å². The van der Waals surface area contributed by atoms with Crippen LogP contribution in [0.2, 0.25) is 0 Å². The van der Waals surface area contributed by atoms with Crippen LogP contribution in [0.5, 0.6) is 0 Å². The van der Waals surface area contributed by atoms with E-state index >= 15 is 0 Å². The van der Waals surface area contributed by atoms with Gasteiger partial charge in [-0.25, -0.2) is 4.72 Å². The first-order valence-electron chi connectivity index (χ1n) is 5.03. The number of hydrogen-bond donors (Lipinski definition) is 1. The molecule has 8 heteroatoms. The SMILES string of the molecule is CC[C@H](C)[C@H](OC(C)=O)C(=O)NS(=O)(=O)OC. The molecule has 0 fully saturated rings. The maximum atomic E-state index is 11.6. The van der Waals surface area contributed by atoms with Gasteiger partial charge in [-0.1, -0.05) is 13.8 Å². The number of carbonyl (C=O) groups is 2. The summed E-state index contributed by atoms with van der Waals surface area (Å²) in [6, 6.07) is 0. The molecule has 100 valence electrons. The highest BCUT2D eigenvalue weighted by Gasteiger charge is 2.30. The summed E-state index contributed by atoms with van der Waals surface area (Å²) in [6.07, 6.45) is -0.597. The Kier molecular flexibility index (Phi) is 6.11. The Bertz CT molecular complexity index is 377. The summed E-state index contributed by atoms with van der Waals surface area (Å²) in [7, 11) is -3.22. The van der Waals surface area contributed by atoms with Crippen molar-refractivity contribution in [2.24, 2.45) is 5.92 Å². The lowest BCUT2D eigenvalue weighted by molar-refractivity contribution is -0.156. The molecule has 0 aliphatic carbocycles. The number of hydrogen-bond acceptors (Lipinski definition) is 6. The lowest BCUT2D eigenvalue weighted by Gasteiger charge is -2.21. The molecule has 0 aliphatic heterocycles. The van der Waals surface area contributed by atoms with Gasteiger partial charge in [0, 0.05) is 12.8 Å². The normalized spacial score (nSPS) is 14.8. The van der Waals surface area contributed by atoms with Crippen LogP contribution in [-0.2, 0) is 28.8 Å². The van der Waals surface area contributed by atoms with Crippen molar-refractivity contribution in [2.45, 2.75) is 33.3 Å². The molecule has 0 saturated carbocycles. The fourth-order valence-electron chi connectivity index (χ4n) is 1.04. The number of nitrogens with one attached hydrogen (secondary N) is 1. The zero-order chi connectivity index (χ0) is 13.6. The highest BCUT2D eigenvalue weighted by atomic mass is 32.2. The molecule has 0 aliphatic rings. The highest BCUT2D eigenvalue weighted by Crippen LogP contribution is 2.12. The van der Waals surface area contributed by atoms with Crippen molar-refractivity contribution in [1.82, 2.24) is 4.72 Å². The fourth-order valence-corrected chi connectivity index (χ4v) is 1.49. The van der Waals surface area contributed by atoms with Crippen molar-refractivity contribution in [3.05, 3.63) is 0 Å². The van der Waals surface area contributed by atoms with Crippen molar-refractivity contribution in [2.75, 3.05) is 7.11 Å². The van der Waals surface area contributed by atoms with Crippen LogP contribution in [0.15, 0.2) is 0 Å². The molecule has 0 heterocycles. The number of carbonyl (C=O) groups excluding carboxylic acids is 2. The van der Waals surface area contributed by atoms with Gasteiger partial charge in [-0.2, -0.15) is 8.42 Å². The van der Waals surface area contributed by atoms with E-state index in [-0.39, 0.29) is 5.92 Å². The third kappa shape index (κ3) is 5.64. The Labute approximate surface area is 101 Å². The molecule has 0 bridgehead atoms. The van der Waals surface area contributed by atoms with Crippen molar-refractivity contribution >= 4 is 22.2 Å². The minimum Gasteiger partial charge on any atom is -0.452 e. The zero-order valence-corrected chi connectivity index (χ0v) is 11.0. The minimum absolute atomic E-state index is 0.300. The third-order valence-electron chi connectivity index (χ3n) is 2.16. The van der Waals surface area contributed by atoms with Crippen molar-refractivity contribution in [3.8, 4) is 0 Å². The Morgan fingerprint density at radius 3 is 2.24 bits per heavy atom. The summed E-state index contributed by atoms with van der Waals surface area (Å²) in [5, 5.41) is 0. The van der Waals surface area contributed by atoms with Gasteiger partial charge in [0.1, 0.15) is 0 Å². The molecule has 0 radical (unpaired) electrons. The van der Waals surface area contributed by atoms with E-state index in [0.29, 0.717) is 6.42 Å². The second kappa shape index (κ2) is 6.55. The van der Waals surface area contributed by atoms with E-state index in [4.69, 9.17) is 4.74 Å². The topological polar surface area (TPSA) is 98.8 Å². The Hall–Kier alpha value is -1.15. The summed E-state index contributed by atoms with van der Waals surface area (Å²) in [4.78, 5) is 22.4. The van der Waals surface area contributed by atoms with Crippen LogP contribution in [0, 0.1) is 5.92 Å². The molecule has 0 spiro atoms. The van der Waals surface area contributed by atoms with Crippen LogP contribution in [0.3, 0.4) is 0 Å². The number of ether oxygens (including phenoxy) is 1. The monoisotopic (exact) mass is 267 g/mol. The summed E-state index contributed by atoms with van der Waals surface area (Å²) in [6.45, 7) is 4.61. The van der Waals surface area contributed by atoms with Gasteiger partial charge >= 0.3 is 16.3 Å². The van der Waals surface area contributed by atoms with Gasteiger partial charge in [-0.05, 0) is 6.42 Å². The van der Waals surface area contributed by atoms with Crippen LogP contribution >= 0.6 is 0 Å². The van der Waals surface area contributed by atoms with Crippen LogP contribution < -0.4 is 4.72 Å². The Morgan fingerprint density at radius 1 is 1.35 bits per heavy atom. The predicted octanol–water partition coefficient (Wildman–Crippen LogP) is -0.0284. The van der Waals surface area contributed by atoms with Crippen molar-refractivity contribution in [1.29, 1.82) is 0 Å². The molecular weight excluding hydrogens is 250 g/mol. The molecule has 17 heavy (non-hydrogen) atoms. The van der Waals surface area contributed by atoms with Gasteiger partial charge in [-0.15, -0.1) is 0 Å². The molecule has 2 atom stereocenters. The largest absolute Gasteiger partial charge is 0.452 e. The van der Waals surface area contributed by atoms with E-state index in [2.05, 4.69) is 4.18 Å². The molecule has 0 aromatic carbocycles. The number of esters is 1. The number of amides is 1. The van der Waals surface area contributed by atoms with E-state index in [1.54, 1.807) is 18.6 Å². The van der Waals surface area contributed by atoms with E-state index < -0.39 is 28.3 Å². The molecule has 0 aromatic heterocycles. The van der Waals surface area contributed by atoms with E-state index in [9.17, 15) is 18.0 Å². The predicted molar refractivity (Wildman–Crippen MR) is 59.1 cm³/mol. The Morgan fingerprint density at radius 2 is 1.88 bits per heavy atom. The summed E-state index contributed by atoms with van der Waals surface area (Å²) in [5.41, 5.74) is 0. The van der Waals surface area contributed by atoms with Gasteiger partial charge in [0.05, 0.1) is 7.11 Å². The minimum atomic E-state index is -4.13. The van der Waals surface area contributed by atoms with Gasteiger partial charge in [0.25, 0.3) is 5.91 Å². The molecule has 0 saturated heterocycles. The van der Waals surface area contributed by atoms with Crippen molar-refractivity contribution < 1.29 is 26.9 Å². The summed E-state index contributed by atoms with van der Waals surface area (Å²) >= 11 is 0. The summed E-state index contributed by atoms with van der Waals surface area (Å²) in [5.74, 6) is -1.87. The van der Waals surface area contributed by atoms with Gasteiger partial charge in [-0.3, -0.25) is 13.8 Å². The lowest BCUT2D eigenvalue weighted by Crippen LogP contribution is -2.44. The second-order valence-corrected chi connectivity index (χ2v) is 4.95.